The Hall–Kier alpha value is -2.62. The lowest BCUT2D eigenvalue weighted by atomic mass is 10.2. The summed E-state index contributed by atoms with van der Waals surface area (Å²) >= 11 is 1.01. The monoisotopic (exact) mass is 338 g/mol. The Morgan fingerprint density at radius 3 is 2.87 bits per heavy atom. The van der Waals surface area contributed by atoms with E-state index in [2.05, 4.69) is 20.8 Å². The molecule has 0 aliphatic heterocycles. The fraction of sp³-hybridized carbons (Fsp3) is 0.231. The number of amides is 3. The molecule has 4 N–H and O–H groups in total. The lowest BCUT2D eigenvalue weighted by molar-refractivity contribution is -0.117. The first-order valence-corrected chi connectivity index (χ1v) is 7.66. The third kappa shape index (κ3) is 4.42. The van der Waals surface area contributed by atoms with Crippen molar-refractivity contribution >= 4 is 23.7 Å². The highest BCUT2D eigenvalue weighted by Crippen LogP contribution is 2.21. The molecule has 0 atom stereocenters. The minimum atomic E-state index is -0.562. The molecule has 2 aromatic rings. The van der Waals surface area contributed by atoms with E-state index in [0.717, 1.165) is 11.8 Å². The Balaban J connectivity index is 2.00. The van der Waals surface area contributed by atoms with Crippen LogP contribution in [0.4, 0.5) is 9.18 Å². The van der Waals surface area contributed by atoms with E-state index in [0.29, 0.717) is 12.1 Å². The van der Waals surface area contributed by atoms with Gasteiger partial charge in [0.2, 0.25) is 11.1 Å². The lowest BCUT2D eigenvalue weighted by Crippen LogP contribution is -2.40. The van der Waals surface area contributed by atoms with Crippen LogP contribution in [0.3, 0.4) is 0 Å². The highest BCUT2D eigenvalue weighted by Gasteiger charge is 2.15. The first kappa shape index (κ1) is 16.7. The number of rotatable bonds is 5. The second-order valence-electron chi connectivity index (χ2n) is 4.38. The summed E-state index contributed by atoms with van der Waals surface area (Å²) in [5.41, 5.74) is 0.471. The predicted molar refractivity (Wildman–Crippen MR) is 83.5 cm³/mol. The molecule has 0 fully saturated rings. The fourth-order valence-electron chi connectivity index (χ4n) is 1.70. The molecular formula is C13H15FN6O2S. The normalized spacial score (nSPS) is 10.3. The largest absolute Gasteiger partial charge is 0.338 e. The molecule has 0 saturated carbocycles. The summed E-state index contributed by atoms with van der Waals surface area (Å²) in [7, 11) is 0. The van der Waals surface area contributed by atoms with Gasteiger partial charge in [0, 0.05) is 12.1 Å². The van der Waals surface area contributed by atoms with Crippen LogP contribution in [0.1, 0.15) is 6.92 Å². The number of hydrogen-bond acceptors (Lipinski definition) is 6. The van der Waals surface area contributed by atoms with Crippen molar-refractivity contribution in [2.24, 2.45) is 0 Å². The average molecular weight is 338 g/mol. The molecule has 0 aliphatic carbocycles. The Morgan fingerprint density at radius 1 is 1.39 bits per heavy atom. The van der Waals surface area contributed by atoms with Gasteiger partial charge in [-0.25, -0.2) is 13.9 Å². The Kier molecular flexibility index (Phi) is 5.52. The molecule has 3 amide bonds. The maximum absolute atomic E-state index is 13.2. The van der Waals surface area contributed by atoms with Gasteiger partial charge in [-0.05, 0) is 19.1 Å². The van der Waals surface area contributed by atoms with Gasteiger partial charge in [0.25, 0.3) is 0 Å². The number of carbonyl (C=O) groups excluding carboxylic acids is 2. The van der Waals surface area contributed by atoms with Gasteiger partial charge in [-0.15, -0.1) is 10.2 Å². The molecule has 23 heavy (non-hydrogen) atoms. The van der Waals surface area contributed by atoms with Crippen LogP contribution in [0.2, 0.25) is 0 Å². The molecular weight excluding hydrogens is 323 g/mol. The molecule has 0 aliphatic rings. The maximum Gasteiger partial charge on any atom is 0.321 e. The highest BCUT2D eigenvalue weighted by molar-refractivity contribution is 7.99. The third-order valence-corrected chi connectivity index (χ3v) is 3.61. The van der Waals surface area contributed by atoms with Gasteiger partial charge in [-0.2, -0.15) is 0 Å². The predicted octanol–water partition coefficient (Wildman–Crippen LogP) is 0.736. The third-order valence-electron chi connectivity index (χ3n) is 2.67. The van der Waals surface area contributed by atoms with Gasteiger partial charge in [0.1, 0.15) is 5.82 Å². The van der Waals surface area contributed by atoms with Crippen molar-refractivity contribution in [1.82, 2.24) is 25.5 Å². The first-order valence-electron chi connectivity index (χ1n) is 6.68. The summed E-state index contributed by atoms with van der Waals surface area (Å²) in [6.07, 6.45) is 0. The first-order chi connectivity index (χ1) is 11.0. The van der Waals surface area contributed by atoms with Crippen molar-refractivity contribution in [3.63, 3.8) is 0 Å². The molecule has 0 radical (unpaired) electrons. The summed E-state index contributed by atoms with van der Waals surface area (Å²) in [6.45, 7) is 2.16. The van der Waals surface area contributed by atoms with E-state index in [1.165, 1.54) is 22.9 Å². The van der Waals surface area contributed by atoms with E-state index < -0.39 is 17.8 Å². The summed E-state index contributed by atoms with van der Waals surface area (Å²) in [5, 5.41) is 12.6. The summed E-state index contributed by atoms with van der Waals surface area (Å²) in [5.74, 6) is 5.17. The van der Waals surface area contributed by atoms with Crippen LogP contribution in [0.15, 0.2) is 29.4 Å². The summed E-state index contributed by atoms with van der Waals surface area (Å²) in [6, 6.07) is 5.21. The number of nitrogen functional groups attached to an aromatic ring is 1. The summed E-state index contributed by atoms with van der Waals surface area (Å²) < 4.78 is 14.4. The van der Waals surface area contributed by atoms with Crippen LogP contribution in [0.25, 0.3) is 11.4 Å². The smallest absolute Gasteiger partial charge is 0.321 e. The van der Waals surface area contributed by atoms with Gasteiger partial charge >= 0.3 is 6.03 Å². The number of carbonyl (C=O) groups is 2. The van der Waals surface area contributed by atoms with Gasteiger partial charge in [-0.1, -0.05) is 23.9 Å². The van der Waals surface area contributed by atoms with Crippen molar-refractivity contribution in [2.75, 3.05) is 18.1 Å². The van der Waals surface area contributed by atoms with E-state index in [1.54, 1.807) is 13.0 Å². The molecule has 2 rings (SSSR count). The standard InChI is InChI=1S/C13H15FN6O2S/c1-2-16-12(22)17-10(21)7-23-13-19-18-11(20(13)15)8-4-3-5-9(14)6-8/h3-6H,2,7,15H2,1H3,(H2,16,17,21,22). The molecule has 122 valence electrons. The molecule has 1 heterocycles. The number of thioether (sulfide) groups is 1. The molecule has 8 nitrogen and oxygen atoms in total. The number of benzene rings is 1. The van der Waals surface area contributed by atoms with Crippen molar-refractivity contribution in [3.8, 4) is 11.4 Å². The van der Waals surface area contributed by atoms with Gasteiger partial charge in [0.05, 0.1) is 5.75 Å². The van der Waals surface area contributed by atoms with Crippen LogP contribution in [0, 0.1) is 5.82 Å². The van der Waals surface area contributed by atoms with Crippen LogP contribution in [-0.2, 0) is 4.79 Å². The number of urea groups is 1. The minimum Gasteiger partial charge on any atom is -0.338 e. The second kappa shape index (κ2) is 7.58. The van der Waals surface area contributed by atoms with Crippen molar-refractivity contribution in [3.05, 3.63) is 30.1 Å². The second-order valence-corrected chi connectivity index (χ2v) is 5.33. The van der Waals surface area contributed by atoms with Gasteiger partial charge in [-0.3, -0.25) is 10.1 Å². The number of aromatic nitrogens is 3. The van der Waals surface area contributed by atoms with Crippen molar-refractivity contribution < 1.29 is 14.0 Å². The number of hydrogen-bond donors (Lipinski definition) is 3. The zero-order valence-corrected chi connectivity index (χ0v) is 13.1. The van der Waals surface area contributed by atoms with E-state index >= 15 is 0 Å². The zero-order chi connectivity index (χ0) is 16.8. The molecule has 0 unspecified atom stereocenters. The topological polar surface area (TPSA) is 115 Å². The van der Waals surface area contributed by atoms with Gasteiger partial charge in [0.15, 0.2) is 5.82 Å². The van der Waals surface area contributed by atoms with Crippen molar-refractivity contribution in [2.45, 2.75) is 12.1 Å². The molecule has 0 spiro atoms. The van der Waals surface area contributed by atoms with E-state index in [9.17, 15) is 14.0 Å². The van der Waals surface area contributed by atoms with Crippen LogP contribution in [0.5, 0.6) is 0 Å². The Morgan fingerprint density at radius 2 is 2.17 bits per heavy atom. The fourth-order valence-corrected chi connectivity index (χ4v) is 2.35. The molecule has 1 aromatic heterocycles. The quantitative estimate of drug-likeness (QED) is 0.547. The Labute approximate surface area is 135 Å². The molecule has 0 saturated heterocycles. The average Bonchev–Trinajstić information content (AvgIpc) is 2.86. The SMILES string of the molecule is CCNC(=O)NC(=O)CSc1nnc(-c2cccc(F)c2)n1N. The van der Waals surface area contributed by atoms with Gasteiger partial charge < -0.3 is 11.2 Å². The summed E-state index contributed by atoms with van der Waals surface area (Å²) in [4.78, 5) is 22.8. The van der Waals surface area contributed by atoms with Crippen LogP contribution in [-0.4, -0.2) is 39.1 Å². The van der Waals surface area contributed by atoms with Crippen LogP contribution < -0.4 is 16.5 Å². The van der Waals surface area contributed by atoms with E-state index in [1.807, 2.05) is 0 Å². The number of nitrogens with zero attached hydrogens (tertiary/aromatic N) is 3. The number of nitrogens with two attached hydrogens (primary N) is 1. The number of halogens is 1. The molecule has 10 heteroatoms. The molecule has 1 aromatic carbocycles. The van der Waals surface area contributed by atoms with Crippen LogP contribution >= 0.6 is 11.8 Å². The zero-order valence-electron chi connectivity index (χ0n) is 12.2. The van der Waals surface area contributed by atoms with E-state index in [-0.39, 0.29) is 16.7 Å². The Bertz CT molecular complexity index is 720. The van der Waals surface area contributed by atoms with Crippen molar-refractivity contribution in [1.29, 1.82) is 0 Å². The van der Waals surface area contributed by atoms with E-state index in [4.69, 9.17) is 5.84 Å². The highest BCUT2D eigenvalue weighted by atomic mass is 32.2. The maximum atomic E-state index is 13.2. The lowest BCUT2D eigenvalue weighted by Gasteiger charge is -2.05. The number of imide groups is 1. The minimum absolute atomic E-state index is 0.0599. The number of nitrogens with one attached hydrogen (secondary N) is 2. The molecule has 0 bridgehead atoms.